The number of methoxy groups -OCH3 is 1. The van der Waals surface area contributed by atoms with Crippen molar-refractivity contribution in [3.8, 4) is 5.75 Å². The van der Waals surface area contributed by atoms with Gasteiger partial charge in [0.1, 0.15) is 5.82 Å². The van der Waals surface area contributed by atoms with Crippen LogP contribution >= 0.6 is 0 Å². The van der Waals surface area contributed by atoms with Crippen molar-refractivity contribution in [2.75, 3.05) is 21.2 Å². The zero-order valence-electron chi connectivity index (χ0n) is 8.90. The molecule has 2 N–H and O–H groups in total. The third kappa shape index (κ3) is 2.43. The van der Waals surface area contributed by atoms with E-state index in [0.717, 1.165) is 12.1 Å². The number of ether oxygens (including phenoxy) is 1. The van der Waals surface area contributed by atoms with Gasteiger partial charge in [-0.05, 0) is 20.2 Å². The smallest absolute Gasteiger partial charge is 0.165 e. The molecule has 0 spiro atoms. The van der Waals surface area contributed by atoms with Crippen LogP contribution in [0.4, 0.5) is 8.78 Å². The molecule has 0 aromatic heterocycles. The van der Waals surface area contributed by atoms with Gasteiger partial charge in [-0.1, -0.05) is 0 Å². The molecule has 0 atom stereocenters. The molecule has 0 fully saturated rings. The van der Waals surface area contributed by atoms with Crippen LogP contribution in [-0.2, 0) is 0 Å². The topological polar surface area (TPSA) is 33.3 Å². The minimum Gasteiger partial charge on any atom is -0.494 e. The van der Waals surface area contributed by atoms with Gasteiger partial charge in [0, 0.05) is 11.6 Å². The van der Waals surface area contributed by atoms with Crippen LogP contribution in [0.2, 0.25) is 0 Å². The molecule has 84 valence electrons. The molecule has 1 aromatic rings. The summed E-state index contributed by atoms with van der Waals surface area (Å²) in [5.74, 6) is -1.19. The van der Waals surface area contributed by atoms with E-state index in [0.29, 0.717) is 0 Å². The minimum absolute atomic E-state index is 0.0952. The van der Waals surface area contributed by atoms with Crippen LogP contribution in [0.3, 0.4) is 0 Å². The first kappa shape index (κ1) is 11.9. The maximum Gasteiger partial charge on any atom is 0.165 e. The van der Waals surface area contributed by atoms with Crippen molar-refractivity contribution in [3.63, 3.8) is 0 Å². The average Bonchev–Trinajstić information content (AvgIpc) is 2.24. The Balaban J connectivity index is 3.14. The molecule has 1 rings (SSSR count). The maximum atomic E-state index is 13.5. The van der Waals surface area contributed by atoms with Gasteiger partial charge in [-0.15, -0.1) is 0 Å². The summed E-state index contributed by atoms with van der Waals surface area (Å²) < 4.78 is 31.5. The molecule has 0 aliphatic heterocycles. The summed E-state index contributed by atoms with van der Waals surface area (Å²) in [4.78, 5) is 0. The molecule has 3 nitrogen and oxygen atoms in total. The molecule has 0 saturated heterocycles. The molecular formula is C10H14F2N2O. The van der Waals surface area contributed by atoms with Gasteiger partial charge in [0.15, 0.2) is 11.6 Å². The number of rotatable bonds is 4. The Labute approximate surface area is 87.4 Å². The molecule has 0 aliphatic carbocycles. The molecule has 0 unspecified atom stereocenters. The van der Waals surface area contributed by atoms with Crippen molar-refractivity contribution >= 4 is 0 Å². The van der Waals surface area contributed by atoms with Crippen LogP contribution in [0, 0.1) is 11.6 Å². The predicted octanol–water partition coefficient (Wildman–Crippen LogP) is 1.41. The molecule has 0 bridgehead atoms. The van der Waals surface area contributed by atoms with E-state index in [9.17, 15) is 8.78 Å². The summed E-state index contributed by atoms with van der Waals surface area (Å²) in [7, 11) is 4.61. The van der Waals surface area contributed by atoms with Gasteiger partial charge in [0.2, 0.25) is 0 Å². The monoisotopic (exact) mass is 216 g/mol. The molecular weight excluding hydrogens is 202 g/mol. The SMILES string of the molecule is CNC(NC)c1cc(F)c(OC)cc1F. The van der Waals surface area contributed by atoms with Crippen molar-refractivity contribution in [1.29, 1.82) is 0 Å². The third-order valence-electron chi connectivity index (χ3n) is 2.16. The van der Waals surface area contributed by atoms with E-state index in [4.69, 9.17) is 0 Å². The lowest BCUT2D eigenvalue weighted by atomic mass is 10.1. The quantitative estimate of drug-likeness (QED) is 0.747. The molecule has 1 aromatic carbocycles. The highest BCUT2D eigenvalue weighted by Crippen LogP contribution is 2.24. The Morgan fingerprint density at radius 1 is 1.13 bits per heavy atom. The molecule has 0 aliphatic rings. The van der Waals surface area contributed by atoms with Crippen molar-refractivity contribution in [1.82, 2.24) is 10.6 Å². The van der Waals surface area contributed by atoms with Gasteiger partial charge < -0.3 is 15.4 Å². The average molecular weight is 216 g/mol. The Kier molecular flexibility index (Phi) is 3.99. The number of hydrogen-bond acceptors (Lipinski definition) is 3. The van der Waals surface area contributed by atoms with Crippen LogP contribution in [0.25, 0.3) is 0 Å². The van der Waals surface area contributed by atoms with Crippen molar-refractivity contribution < 1.29 is 13.5 Å². The van der Waals surface area contributed by atoms with E-state index in [1.54, 1.807) is 14.1 Å². The van der Waals surface area contributed by atoms with Gasteiger partial charge >= 0.3 is 0 Å². The lowest BCUT2D eigenvalue weighted by Crippen LogP contribution is -2.29. The van der Waals surface area contributed by atoms with Gasteiger partial charge in [0.05, 0.1) is 13.3 Å². The zero-order chi connectivity index (χ0) is 11.4. The van der Waals surface area contributed by atoms with Gasteiger partial charge in [-0.3, -0.25) is 0 Å². The van der Waals surface area contributed by atoms with Crippen molar-refractivity contribution in [2.24, 2.45) is 0 Å². The summed E-state index contributed by atoms with van der Waals surface area (Å²) in [6, 6.07) is 2.15. The molecule has 0 amide bonds. The van der Waals surface area contributed by atoms with Crippen LogP contribution in [0.15, 0.2) is 12.1 Å². The number of nitrogens with one attached hydrogen (secondary N) is 2. The summed E-state index contributed by atoms with van der Waals surface area (Å²) in [6.07, 6.45) is -0.426. The fourth-order valence-corrected chi connectivity index (χ4v) is 1.38. The first-order valence-electron chi connectivity index (χ1n) is 4.51. The van der Waals surface area contributed by atoms with Gasteiger partial charge in [-0.2, -0.15) is 0 Å². The summed E-state index contributed by atoms with van der Waals surface area (Å²) in [5.41, 5.74) is 0.221. The van der Waals surface area contributed by atoms with Gasteiger partial charge in [0.25, 0.3) is 0 Å². The number of halogens is 2. The fourth-order valence-electron chi connectivity index (χ4n) is 1.38. The minimum atomic E-state index is -0.579. The first-order chi connectivity index (χ1) is 7.13. The standard InChI is InChI=1S/C10H14F2N2O/c1-13-10(14-2)6-4-8(12)9(15-3)5-7(6)11/h4-5,10,13-14H,1-3H3. The van der Waals surface area contributed by atoms with E-state index >= 15 is 0 Å². The van der Waals surface area contributed by atoms with Crippen LogP contribution in [0.5, 0.6) is 5.75 Å². The second kappa shape index (κ2) is 5.04. The second-order valence-electron chi connectivity index (χ2n) is 3.02. The highest BCUT2D eigenvalue weighted by atomic mass is 19.1. The predicted molar refractivity (Wildman–Crippen MR) is 53.8 cm³/mol. The summed E-state index contributed by atoms with van der Waals surface area (Å²) in [5, 5.41) is 5.63. The number of benzene rings is 1. The summed E-state index contributed by atoms with van der Waals surface area (Å²) in [6.45, 7) is 0. The van der Waals surface area contributed by atoms with Crippen LogP contribution in [0.1, 0.15) is 11.7 Å². The lowest BCUT2D eigenvalue weighted by Gasteiger charge is -2.17. The van der Waals surface area contributed by atoms with Gasteiger partial charge in [-0.25, -0.2) is 8.78 Å². The Bertz CT molecular complexity index is 340. The molecule has 0 radical (unpaired) electrons. The second-order valence-corrected chi connectivity index (χ2v) is 3.02. The van der Waals surface area contributed by atoms with E-state index in [-0.39, 0.29) is 11.3 Å². The van der Waals surface area contributed by atoms with Crippen molar-refractivity contribution in [3.05, 3.63) is 29.3 Å². The zero-order valence-corrected chi connectivity index (χ0v) is 8.90. The van der Waals surface area contributed by atoms with E-state index < -0.39 is 17.8 Å². The Morgan fingerprint density at radius 2 is 1.73 bits per heavy atom. The molecule has 0 heterocycles. The number of hydrogen-bond donors (Lipinski definition) is 2. The van der Waals surface area contributed by atoms with Crippen LogP contribution in [-0.4, -0.2) is 21.2 Å². The molecule has 5 heteroatoms. The first-order valence-corrected chi connectivity index (χ1v) is 4.51. The lowest BCUT2D eigenvalue weighted by molar-refractivity contribution is 0.379. The molecule has 15 heavy (non-hydrogen) atoms. The third-order valence-corrected chi connectivity index (χ3v) is 2.16. The van der Waals surface area contributed by atoms with E-state index in [1.807, 2.05) is 0 Å². The Hall–Kier alpha value is -1.20. The summed E-state index contributed by atoms with van der Waals surface area (Å²) >= 11 is 0. The van der Waals surface area contributed by atoms with Crippen LogP contribution < -0.4 is 15.4 Å². The largest absolute Gasteiger partial charge is 0.494 e. The highest BCUT2D eigenvalue weighted by molar-refractivity contribution is 5.32. The van der Waals surface area contributed by atoms with Crippen molar-refractivity contribution in [2.45, 2.75) is 6.17 Å². The highest BCUT2D eigenvalue weighted by Gasteiger charge is 2.16. The Morgan fingerprint density at radius 3 is 2.20 bits per heavy atom. The normalized spacial score (nSPS) is 10.8. The maximum absolute atomic E-state index is 13.5. The van der Waals surface area contributed by atoms with E-state index in [1.165, 1.54) is 7.11 Å². The fraction of sp³-hybridized carbons (Fsp3) is 0.400. The van der Waals surface area contributed by atoms with E-state index in [2.05, 4.69) is 15.4 Å². The molecule has 0 saturated carbocycles.